The number of amidine groups is 1. The molecule has 0 atom stereocenters. The monoisotopic (exact) mass is 350 g/mol. The van der Waals surface area contributed by atoms with Crippen LogP contribution in [0.1, 0.15) is 5.56 Å². The van der Waals surface area contributed by atoms with Crippen LogP contribution in [0.5, 0.6) is 5.75 Å². The molecule has 0 aliphatic rings. The van der Waals surface area contributed by atoms with E-state index in [9.17, 15) is 4.39 Å². The van der Waals surface area contributed by atoms with Crippen molar-refractivity contribution in [3.05, 3.63) is 84.2 Å². The Bertz CT molecular complexity index is 927. The minimum absolute atomic E-state index is 0.308. The number of halogens is 1. The highest BCUT2D eigenvalue weighted by Gasteiger charge is 2.14. The predicted octanol–water partition coefficient (Wildman–Crippen LogP) is 3.55. The quantitative estimate of drug-likeness (QED) is 0.285. The molecule has 26 heavy (non-hydrogen) atoms. The van der Waals surface area contributed by atoms with Gasteiger partial charge >= 0.3 is 0 Å². The first kappa shape index (κ1) is 17.6. The molecule has 6 heteroatoms. The summed E-state index contributed by atoms with van der Waals surface area (Å²) < 4.78 is 19.7. The molecule has 0 radical (unpaired) electrons. The van der Waals surface area contributed by atoms with Crippen LogP contribution in [0.4, 0.5) is 10.1 Å². The fraction of sp³-hybridized carbons (Fsp3) is 0.0500. The summed E-state index contributed by atoms with van der Waals surface area (Å²) in [4.78, 5) is 4.62. The van der Waals surface area contributed by atoms with Crippen molar-refractivity contribution in [2.75, 3.05) is 7.11 Å². The van der Waals surface area contributed by atoms with Gasteiger partial charge in [-0.2, -0.15) is 5.53 Å². The third-order valence-electron chi connectivity index (χ3n) is 3.85. The van der Waals surface area contributed by atoms with Gasteiger partial charge in [-0.25, -0.2) is 9.38 Å². The van der Waals surface area contributed by atoms with E-state index in [4.69, 9.17) is 10.6 Å². The number of hydrogen-bond donors (Lipinski definition) is 3. The molecule has 3 rings (SSSR count). The van der Waals surface area contributed by atoms with Crippen LogP contribution in [-0.4, -0.2) is 12.9 Å². The molecule has 0 unspecified atom stereocenters. The maximum Gasteiger partial charge on any atom is 0.149 e. The number of nitrogens with two attached hydrogens (primary N) is 1. The molecular weight excluding hydrogens is 331 g/mol. The summed E-state index contributed by atoms with van der Waals surface area (Å²) in [7, 11) is 1.58. The van der Waals surface area contributed by atoms with Gasteiger partial charge < -0.3 is 4.74 Å². The Labute approximate surface area is 151 Å². The number of nitrogens with one attached hydrogen (secondary N) is 2. The van der Waals surface area contributed by atoms with Crippen molar-refractivity contribution in [2.24, 2.45) is 10.8 Å². The molecule has 0 amide bonds. The first-order chi connectivity index (χ1) is 12.7. The first-order valence-corrected chi connectivity index (χ1v) is 8.02. The van der Waals surface area contributed by atoms with Crippen LogP contribution in [0.3, 0.4) is 0 Å². The summed E-state index contributed by atoms with van der Waals surface area (Å²) in [6.07, 6.45) is 0. The van der Waals surface area contributed by atoms with Crippen molar-refractivity contribution in [3.8, 4) is 16.9 Å². The van der Waals surface area contributed by atoms with E-state index < -0.39 is 0 Å². The summed E-state index contributed by atoms with van der Waals surface area (Å²) in [5.74, 6) is 6.21. The molecule has 0 aliphatic carbocycles. The third-order valence-corrected chi connectivity index (χ3v) is 3.85. The van der Waals surface area contributed by atoms with Crippen molar-refractivity contribution >= 4 is 11.5 Å². The Balaban J connectivity index is 2.16. The van der Waals surface area contributed by atoms with Gasteiger partial charge in [0, 0.05) is 11.1 Å². The summed E-state index contributed by atoms with van der Waals surface area (Å²) >= 11 is 0. The van der Waals surface area contributed by atoms with E-state index in [0.29, 0.717) is 34.0 Å². The summed E-state index contributed by atoms with van der Waals surface area (Å²) in [5.41, 5.74) is 7.72. The summed E-state index contributed by atoms with van der Waals surface area (Å²) in [6, 6.07) is 21.4. The molecule has 3 aromatic carbocycles. The lowest BCUT2D eigenvalue weighted by Gasteiger charge is -2.15. The molecule has 0 heterocycles. The van der Waals surface area contributed by atoms with Crippen molar-refractivity contribution in [2.45, 2.75) is 0 Å². The van der Waals surface area contributed by atoms with Crippen molar-refractivity contribution < 1.29 is 9.13 Å². The molecule has 0 saturated heterocycles. The molecule has 0 aliphatic heterocycles. The fourth-order valence-electron chi connectivity index (χ4n) is 2.67. The zero-order valence-corrected chi connectivity index (χ0v) is 14.2. The molecule has 4 N–H and O–H groups in total. The van der Waals surface area contributed by atoms with Crippen LogP contribution in [0.2, 0.25) is 0 Å². The number of rotatable bonds is 5. The maximum atomic E-state index is 14.3. The smallest absolute Gasteiger partial charge is 0.149 e. The average molecular weight is 350 g/mol. The molecule has 132 valence electrons. The van der Waals surface area contributed by atoms with E-state index in [1.807, 2.05) is 48.5 Å². The number of ether oxygens (including phenoxy) is 1. The number of hydrogen-bond acceptors (Lipinski definition) is 4. The fourth-order valence-corrected chi connectivity index (χ4v) is 2.67. The number of nitrogens with zero attached hydrogens (tertiary/aromatic N) is 1. The SMILES string of the molecule is COc1ccccc1N=C(NNN)c1ccccc1-c1ccccc1F. The molecule has 0 fully saturated rings. The number of benzene rings is 3. The van der Waals surface area contributed by atoms with Crippen LogP contribution >= 0.6 is 0 Å². The van der Waals surface area contributed by atoms with Gasteiger partial charge in [0.1, 0.15) is 23.1 Å². The van der Waals surface area contributed by atoms with Gasteiger partial charge in [0.2, 0.25) is 0 Å². The number of methoxy groups -OCH3 is 1. The minimum Gasteiger partial charge on any atom is -0.494 e. The van der Waals surface area contributed by atoms with Crippen LogP contribution < -0.4 is 21.5 Å². The molecule has 0 spiro atoms. The third kappa shape index (κ3) is 3.72. The second-order valence-electron chi connectivity index (χ2n) is 5.43. The largest absolute Gasteiger partial charge is 0.494 e. The molecule has 0 aromatic heterocycles. The van der Waals surface area contributed by atoms with E-state index in [2.05, 4.69) is 16.0 Å². The van der Waals surface area contributed by atoms with Crippen LogP contribution in [0.25, 0.3) is 11.1 Å². The Morgan fingerprint density at radius 3 is 2.31 bits per heavy atom. The van der Waals surface area contributed by atoms with E-state index in [-0.39, 0.29) is 5.82 Å². The lowest BCUT2D eigenvalue weighted by Crippen LogP contribution is -2.42. The van der Waals surface area contributed by atoms with Crippen LogP contribution in [0, 0.1) is 5.82 Å². The van der Waals surface area contributed by atoms with Gasteiger partial charge in [0.15, 0.2) is 0 Å². The van der Waals surface area contributed by atoms with Gasteiger partial charge in [-0.05, 0) is 23.8 Å². The molecule has 0 bridgehead atoms. The molecular formula is C20H19FN4O. The van der Waals surface area contributed by atoms with Gasteiger partial charge in [0.25, 0.3) is 0 Å². The molecule has 0 saturated carbocycles. The van der Waals surface area contributed by atoms with Crippen LogP contribution in [0.15, 0.2) is 77.8 Å². The van der Waals surface area contributed by atoms with Gasteiger partial charge in [-0.15, -0.1) is 0 Å². The van der Waals surface area contributed by atoms with E-state index >= 15 is 0 Å². The lowest BCUT2D eigenvalue weighted by atomic mass is 9.98. The summed E-state index contributed by atoms with van der Waals surface area (Å²) in [5, 5.41) is 0. The Kier molecular flexibility index (Phi) is 5.58. The van der Waals surface area contributed by atoms with Gasteiger partial charge in [-0.3, -0.25) is 11.3 Å². The zero-order valence-electron chi connectivity index (χ0n) is 14.2. The normalized spacial score (nSPS) is 11.3. The number of hydrazine groups is 2. The summed E-state index contributed by atoms with van der Waals surface area (Å²) in [6.45, 7) is 0. The molecule has 5 nitrogen and oxygen atoms in total. The predicted molar refractivity (Wildman–Crippen MR) is 101 cm³/mol. The highest BCUT2D eigenvalue weighted by Crippen LogP contribution is 2.30. The van der Waals surface area contributed by atoms with E-state index in [0.717, 1.165) is 0 Å². The average Bonchev–Trinajstić information content (AvgIpc) is 2.68. The second-order valence-corrected chi connectivity index (χ2v) is 5.43. The highest BCUT2D eigenvalue weighted by atomic mass is 19.1. The number of aliphatic imine (C=N–C) groups is 1. The lowest BCUT2D eigenvalue weighted by molar-refractivity contribution is 0.416. The maximum absolute atomic E-state index is 14.3. The molecule has 3 aromatic rings. The Morgan fingerprint density at radius 1 is 0.923 bits per heavy atom. The van der Waals surface area contributed by atoms with Crippen LogP contribution in [-0.2, 0) is 0 Å². The zero-order chi connectivity index (χ0) is 18.4. The Morgan fingerprint density at radius 2 is 1.58 bits per heavy atom. The standard InChI is InChI=1S/C20H19FN4O/c1-26-19-13-7-6-12-18(19)23-20(24-25-22)16-10-3-2-8-14(16)15-9-4-5-11-17(15)21/h2-13,25H,22H2,1H3,(H,23,24). The first-order valence-electron chi connectivity index (χ1n) is 8.02. The van der Waals surface area contributed by atoms with Crippen molar-refractivity contribution in [3.63, 3.8) is 0 Å². The van der Waals surface area contributed by atoms with Gasteiger partial charge in [0.05, 0.1) is 7.11 Å². The van der Waals surface area contributed by atoms with Crippen molar-refractivity contribution in [1.29, 1.82) is 0 Å². The van der Waals surface area contributed by atoms with Crippen molar-refractivity contribution in [1.82, 2.24) is 11.0 Å². The number of para-hydroxylation sites is 2. The highest BCUT2D eigenvalue weighted by molar-refractivity contribution is 6.05. The van der Waals surface area contributed by atoms with Gasteiger partial charge in [-0.1, -0.05) is 54.6 Å². The van der Waals surface area contributed by atoms with E-state index in [1.54, 1.807) is 25.3 Å². The Hall–Kier alpha value is -3.22. The minimum atomic E-state index is -0.308. The topological polar surface area (TPSA) is 71.7 Å². The van der Waals surface area contributed by atoms with E-state index in [1.165, 1.54) is 6.07 Å². The second kappa shape index (κ2) is 8.24.